The number of hydrogen-bond acceptors (Lipinski definition) is 5. The van der Waals surface area contributed by atoms with Gasteiger partial charge >= 0.3 is 12.0 Å². The molecule has 3 rings (SSSR count). The van der Waals surface area contributed by atoms with Crippen molar-refractivity contribution in [3.63, 3.8) is 0 Å². The maximum Gasteiger partial charge on any atom is 0.326 e. The van der Waals surface area contributed by atoms with Gasteiger partial charge in [0.2, 0.25) is 0 Å². The molecular weight excluding hydrogens is 400 g/mol. The van der Waals surface area contributed by atoms with Crippen LogP contribution in [0.3, 0.4) is 0 Å². The van der Waals surface area contributed by atoms with Crippen molar-refractivity contribution in [3.8, 4) is 11.3 Å². The van der Waals surface area contributed by atoms with Crippen molar-refractivity contribution in [1.29, 1.82) is 0 Å². The molecule has 0 fully saturated rings. The summed E-state index contributed by atoms with van der Waals surface area (Å²) in [4.78, 5) is 28.2. The van der Waals surface area contributed by atoms with Crippen molar-refractivity contribution in [2.75, 3.05) is 16.0 Å². The van der Waals surface area contributed by atoms with Gasteiger partial charge in [-0.15, -0.1) is 11.3 Å². The first kappa shape index (κ1) is 21.3. The number of carbonyl (C=O) groups excluding carboxylic acids is 1. The third-order valence-electron chi connectivity index (χ3n) is 4.25. The number of carboxylic acids is 1. The summed E-state index contributed by atoms with van der Waals surface area (Å²) < 4.78 is 0. The molecule has 0 bridgehead atoms. The smallest absolute Gasteiger partial charge is 0.326 e. The Morgan fingerprint density at radius 3 is 2.43 bits per heavy atom. The van der Waals surface area contributed by atoms with Crippen LogP contribution in [0.2, 0.25) is 0 Å². The van der Waals surface area contributed by atoms with Gasteiger partial charge in [0.15, 0.2) is 5.13 Å². The molecule has 1 aromatic heterocycles. The SMILES string of the molecule is CC(C)C[C@H](Nc1nc(-c2cccc(NC(=O)Nc3ccccc3)c2)cs1)C(=O)O. The molecule has 0 saturated heterocycles. The van der Waals surface area contributed by atoms with E-state index in [1.54, 1.807) is 6.07 Å². The molecule has 0 unspecified atom stereocenters. The van der Waals surface area contributed by atoms with Gasteiger partial charge in [-0.05, 0) is 36.6 Å². The van der Waals surface area contributed by atoms with Crippen molar-refractivity contribution >= 4 is 39.8 Å². The maximum absolute atomic E-state index is 12.2. The number of hydrogen-bond donors (Lipinski definition) is 4. The van der Waals surface area contributed by atoms with Crippen molar-refractivity contribution < 1.29 is 14.7 Å². The Kier molecular flexibility index (Phi) is 7.03. The zero-order valence-electron chi connectivity index (χ0n) is 16.8. The number of urea groups is 1. The van der Waals surface area contributed by atoms with Gasteiger partial charge in [0.25, 0.3) is 0 Å². The van der Waals surface area contributed by atoms with E-state index < -0.39 is 12.0 Å². The zero-order valence-corrected chi connectivity index (χ0v) is 17.6. The zero-order chi connectivity index (χ0) is 21.5. The maximum atomic E-state index is 12.2. The summed E-state index contributed by atoms with van der Waals surface area (Å²) in [5.74, 6) is -0.640. The van der Waals surface area contributed by atoms with Gasteiger partial charge in [0.1, 0.15) is 6.04 Å². The molecule has 0 aliphatic rings. The van der Waals surface area contributed by atoms with Crippen LogP contribution in [-0.4, -0.2) is 28.1 Å². The van der Waals surface area contributed by atoms with E-state index in [1.807, 2.05) is 67.8 Å². The second-order valence-corrected chi connectivity index (χ2v) is 8.09. The summed E-state index contributed by atoms with van der Waals surface area (Å²) in [6.07, 6.45) is 0.514. The minimum atomic E-state index is -0.893. The van der Waals surface area contributed by atoms with Crippen molar-refractivity contribution in [3.05, 3.63) is 60.0 Å². The molecule has 8 heteroatoms. The minimum Gasteiger partial charge on any atom is -0.480 e. The van der Waals surface area contributed by atoms with Gasteiger partial charge in [-0.2, -0.15) is 0 Å². The second kappa shape index (κ2) is 9.89. The van der Waals surface area contributed by atoms with Gasteiger partial charge in [-0.1, -0.05) is 44.2 Å². The summed E-state index contributed by atoms with van der Waals surface area (Å²) in [5.41, 5.74) is 2.87. The Morgan fingerprint density at radius 1 is 1.03 bits per heavy atom. The highest BCUT2D eigenvalue weighted by Crippen LogP contribution is 2.28. The number of thiazole rings is 1. The molecule has 7 nitrogen and oxygen atoms in total. The molecule has 156 valence electrons. The van der Waals surface area contributed by atoms with Crippen molar-refractivity contribution in [2.45, 2.75) is 26.3 Å². The number of rotatable bonds is 8. The molecule has 2 amide bonds. The summed E-state index contributed by atoms with van der Waals surface area (Å²) in [5, 5.41) is 20.4. The number of aromatic nitrogens is 1. The second-order valence-electron chi connectivity index (χ2n) is 7.23. The van der Waals surface area contributed by atoms with E-state index in [0.29, 0.717) is 28.6 Å². The Bertz CT molecular complexity index is 1000. The number of carbonyl (C=O) groups is 2. The van der Waals surface area contributed by atoms with E-state index in [1.165, 1.54) is 11.3 Å². The predicted molar refractivity (Wildman–Crippen MR) is 121 cm³/mol. The number of aliphatic carboxylic acids is 1. The number of amides is 2. The Labute approximate surface area is 179 Å². The normalized spacial score (nSPS) is 11.7. The quantitative estimate of drug-likeness (QED) is 0.389. The molecule has 3 aromatic rings. The van der Waals surface area contributed by atoms with Crippen LogP contribution in [0, 0.1) is 5.92 Å². The van der Waals surface area contributed by atoms with Crippen LogP contribution >= 0.6 is 11.3 Å². The molecule has 0 spiro atoms. The van der Waals surface area contributed by atoms with E-state index in [4.69, 9.17) is 0 Å². The van der Waals surface area contributed by atoms with Crippen molar-refractivity contribution in [2.24, 2.45) is 5.92 Å². The van der Waals surface area contributed by atoms with E-state index in [9.17, 15) is 14.7 Å². The largest absolute Gasteiger partial charge is 0.480 e. The number of anilines is 3. The lowest BCUT2D eigenvalue weighted by molar-refractivity contribution is -0.138. The molecule has 4 N–H and O–H groups in total. The summed E-state index contributed by atoms with van der Waals surface area (Å²) in [7, 11) is 0. The highest BCUT2D eigenvalue weighted by atomic mass is 32.1. The molecule has 0 saturated carbocycles. The molecule has 2 aromatic carbocycles. The Morgan fingerprint density at radius 2 is 1.73 bits per heavy atom. The topological polar surface area (TPSA) is 103 Å². The fraction of sp³-hybridized carbons (Fsp3) is 0.227. The molecule has 30 heavy (non-hydrogen) atoms. The van der Waals surface area contributed by atoms with Crippen LogP contribution in [0.5, 0.6) is 0 Å². The first-order valence-electron chi connectivity index (χ1n) is 9.59. The van der Waals surface area contributed by atoms with E-state index in [-0.39, 0.29) is 11.9 Å². The summed E-state index contributed by atoms with van der Waals surface area (Å²) in [6, 6.07) is 15.5. The fourth-order valence-corrected chi connectivity index (χ4v) is 3.66. The Hall–Kier alpha value is -3.39. The van der Waals surface area contributed by atoms with Crippen LogP contribution in [0.15, 0.2) is 60.0 Å². The van der Waals surface area contributed by atoms with Crippen LogP contribution in [0.1, 0.15) is 20.3 Å². The summed E-state index contributed by atoms with van der Waals surface area (Å²) >= 11 is 1.35. The van der Waals surface area contributed by atoms with Gasteiger partial charge in [-0.25, -0.2) is 14.6 Å². The monoisotopic (exact) mass is 424 g/mol. The minimum absolute atomic E-state index is 0.253. The van der Waals surface area contributed by atoms with Crippen molar-refractivity contribution in [1.82, 2.24) is 4.98 Å². The number of nitrogens with zero attached hydrogens (tertiary/aromatic N) is 1. The Balaban J connectivity index is 1.67. The highest BCUT2D eigenvalue weighted by Gasteiger charge is 2.20. The standard InChI is InChI=1S/C22H24N4O3S/c1-14(2)11-18(20(27)28)25-22-26-19(13-30-22)15-7-6-10-17(12-15)24-21(29)23-16-8-4-3-5-9-16/h3-10,12-14,18H,11H2,1-2H3,(H,25,26)(H,27,28)(H2,23,24,29)/t18-/m0/s1. The van der Waals surface area contributed by atoms with Crippen LogP contribution in [0.4, 0.5) is 21.3 Å². The lowest BCUT2D eigenvalue weighted by atomic mass is 10.0. The number of benzene rings is 2. The van der Waals surface area contributed by atoms with Gasteiger partial charge in [0, 0.05) is 22.3 Å². The fourth-order valence-electron chi connectivity index (χ4n) is 2.89. The predicted octanol–water partition coefficient (Wildman–Crippen LogP) is 5.37. The highest BCUT2D eigenvalue weighted by molar-refractivity contribution is 7.14. The molecule has 0 aliphatic heterocycles. The third kappa shape index (κ3) is 6.05. The van der Waals surface area contributed by atoms with Crippen LogP contribution in [-0.2, 0) is 4.79 Å². The number of para-hydroxylation sites is 1. The van der Waals surface area contributed by atoms with E-state index in [2.05, 4.69) is 20.9 Å². The third-order valence-corrected chi connectivity index (χ3v) is 5.03. The lowest BCUT2D eigenvalue weighted by Gasteiger charge is -2.15. The van der Waals surface area contributed by atoms with E-state index >= 15 is 0 Å². The van der Waals surface area contributed by atoms with E-state index in [0.717, 1.165) is 5.56 Å². The van der Waals surface area contributed by atoms with Gasteiger partial charge in [0.05, 0.1) is 5.69 Å². The average Bonchev–Trinajstić information content (AvgIpc) is 3.16. The molecule has 1 heterocycles. The number of carboxylic acid groups (broad SMARTS) is 1. The number of nitrogens with one attached hydrogen (secondary N) is 3. The lowest BCUT2D eigenvalue weighted by Crippen LogP contribution is -2.30. The molecule has 1 atom stereocenters. The average molecular weight is 425 g/mol. The van der Waals surface area contributed by atoms with Gasteiger partial charge in [-0.3, -0.25) is 0 Å². The molecule has 0 radical (unpaired) electrons. The molecule has 0 aliphatic carbocycles. The summed E-state index contributed by atoms with van der Waals surface area (Å²) in [6.45, 7) is 3.97. The van der Waals surface area contributed by atoms with Crippen LogP contribution in [0.25, 0.3) is 11.3 Å². The van der Waals surface area contributed by atoms with Gasteiger partial charge < -0.3 is 21.1 Å². The first-order chi connectivity index (χ1) is 14.4. The van der Waals surface area contributed by atoms with Crippen LogP contribution < -0.4 is 16.0 Å². The first-order valence-corrected chi connectivity index (χ1v) is 10.5. The molecular formula is C22H24N4O3S.